The Bertz CT molecular complexity index is 855. The maximum atomic E-state index is 14.7. The molecule has 0 heterocycles. The molecule has 2 aromatic rings. The first-order chi connectivity index (χ1) is 11.6. The van der Waals surface area contributed by atoms with Crippen LogP contribution in [0.3, 0.4) is 0 Å². The lowest BCUT2D eigenvalue weighted by atomic mass is 9.89. The van der Waals surface area contributed by atoms with Crippen LogP contribution in [0.2, 0.25) is 0 Å². The first-order valence-electron chi connectivity index (χ1n) is 7.14. The third-order valence-electron chi connectivity index (χ3n) is 3.93. The molecular weight excluding hydrogens is 356 g/mol. The molecule has 136 valence electrons. The molecule has 0 unspecified atom stereocenters. The molecule has 0 spiro atoms. The molecule has 0 amide bonds. The highest BCUT2D eigenvalue weighted by Crippen LogP contribution is 2.40. The molecule has 0 fully saturated rings. The number of halogens is 8. The van der Waals surface area contributed by atoms with Gasteiger partial charge in [-0.2, -0.15) is 0 Å². The van der Waals surface area contributed by atoms with Gasteiger partial charge in [-0.1, -0.05) is 13.8 Å². The first-order valence-corrected chi connectivity index (χ1v) is 7.14. The van der Waals surface area contributed by atoms with Crippen LogP contribution < -0.4 is 0 Å². The lowest BCUT2D eigenvalue weighted by Crippen LogP contribution is -2.11. The molecule has 0 atom stereocenters. The molecular formula is C17H12F8. The average Bonchev–Trinajstić information content (AvgIpc) is 2.55. The Labute approximate surface area is 138 Å². The van der Waals surface area contributed by atoms with Crippen molar-refractivity contribution >= 4 is 0 Å². The minimum atomic E-state index is -2.38. The van der Waals surface area contributed by atoms with E-state index < -0.39 is 75.6 Å². The molecule has 0 aliphatic carbocycles. The Hall–Kier alpha value is -2.12. The Kier molecular flexibility index (Phi) is 5.11. The minimum Gasteiger partial charge on any atom is -0.246 e. The normalized spacial score (nSPS) is 11.5. The van der Waals surface area contributed by atoms with Crippen molar-refractivity contribution in [2.75, 3.05) is 0 Å². The van der Waals surface area contributed by atoms with Crippen LogP contribution >= 0.6 is 0 Å². The van der Waals surface area contributed by atoms with Crippen LogP contribution in [0.15, 0.2) is 0 Å². The quantitative estimate of drug-likeness (QED) is 0.342. The highest BCUT2D eigenvalue weighted by atomic mass is 19.2. The van der Waals surface area contributed by atoms with Gasteiger partial charge < -0.3 is 0 Å². The number of alkyl halides is 1. The molecule has 0 aliphatic heterocycles. The Morgan fingerprint density at radius 1 is 0.640 bits per heavy atom. The van der Waals surface area contributed by atoms with Gasteiger partial charge in [0.25, 0.3) is 0 Å². The fourth-order valence-electron chi connectivity index (χ4n) is 2.76. The van der Waals surface area contributed by atoms with Crippen molar-refractivity contribution in [3.63, 3.8) is 0 Å². The van der Waals surface area contributed by atoms with E-state index in [0.29, 0.717) is 0 Å². The summed E-state index contributed by atoms with van der Waals surface area (Å²) in [4.78, 5) is 0. The molecule has 25 heavy (non-hydrogen) atoms. The standard InChI is InChI=1S/C17H12F8/c1-5(2)8-6(3)11(19)15(23)10(13(8)21)9-7(4-18)12(20)16(24)17(25)14(9)22/h5H,4H2,1-3H3. The summed E-state index contributed by atoms with van der Waals surface area (Å²) in [5.74, 6) is -14.8. The van der Waals surface area contributed by atoms with Crippen molar-refractivity contribution in [3.05, 3.63) is 57.4 Å². The number of hydrogen-bond donors (Lipinski definition) is 0. The maximum Gasteiger partial charge on any atom is 0.198 e. The summed E-state index contributed by atoms with van der Waals surface area (Å²) in [6, 6.07) is 0. The predicted octanol–water partition coefficient (Wildman–Crippen LogP) is 6.23. The van der Waals surface area contributed by atoms with Crippen LogP contribution in [0, 0.1) is 47.6 Å². The summed E-state index contributed by atoms with van der Waals surface area (Å²) < 4.78 is 111. The van der Waals surface area contributed by atoms with Crippen LogP contribution in [0.5, 0.6) is 0 Å². The zero-order chi connectivity index (χ0) is 19.2. The molecule has 0 saturated carbocycles. The van der Waals surface area contributed by atoms with Gasteiger partial charge in [-0.3, -0.25) is 0 Å². The molecule has 0 aliphatic rings. The van der Waals surface area contributed by atoms with E-state index in [1.54, 1.807) is 0 Å². The topological polar surface area (TPSA) is 0 Å². The van der Waals surface area contributed by atoms with Crippen molar-refractivity contribution < 1.29 is 35.1 Å². The zero-order valence-corrected chi connectivity index (χ0v) is 13.3. The second-order valence-electron chi connectivity index (χ2n) is 5.75. The van der Waals surface area contributed by atoms with Crippen LogP contribution in [-0.4, -0.2) is 0 Å². The second-order valence-corrected chi connectivity index (χ2v) is 5.75. The Morgan fingerprint density at radius 2 is 1.12 bits per heavy atom. The third kappa shape index (κ3) is 2.77. The molecule has 0 radical (unpaired) electrons. The summed E-state index contributed by atoms with van der Waals surface area (Å²) in [6.07, 6.45) is 0. The molecule has 2 aromatic carbocycles. The lowest BCUT2D eigenvalue weighted by molar-refractivity contribution is 0.388. The van der Waals surface area contributed by atoms with Crippen molar-refractivity contribution in [2.24, 2.45) is 0 Å². The van der Waals surface area contributed by atoms with Gasteiger partial charge in [0.15, 0.2) is 34.9 Å². The molecule has 8 heteroatoms. The summed E-state index contributed by atoms with van der Waals surface area (Å²) >= 11 is 0. The summed E-state index contributed by atoms with van der Waals surface area (Å²) in [5.41, 5.74) is -5.22. The Morgan fingerprint density at radius 3 is 1.60 bits per heavy atom. The number of benzene rings is 2. The largest absolute Gasteiger partial charge is 0.246 e. The fraction of sp³-hybridized carbons (Fsp3) is 0.294. The van der Waals surface area contributed by atoms with Crippen LogP contribution in [-0.2, 0) is 6.67 Å². The van der Waals surface area contributed by atoms with Gasteiger partial charge in [-0.25, -0.2) is 35.1 Å². The summed E-state index contributed by atoms with van der Waals surface area (Å²) in [7, 11) is 0. The fourth-order valence-corrected chi connectivity index (χ4v) is 2.76. The number of rotatable bonds is 3. The van der Waals surface area contributed by atoms with Crippen molar-refractivity contribution in [2.45, 2.75) is 33.4 Å². The van der Waals surface area contributed by atoms with E-state index in [9.17, 15) is 35.1 Å². The van der Waals surface area contributed by atoms with Gasteiger partial charge in [0.1, 0.15) is 12.5 Å². The molecule has 0 N–H and O–H groups in total. The predicted molar refractivity (Wildman–Crippen MR) is 75.2 cm³/mol. The van der Waals surface area contributed by atoms with E-state index in [4.69, 9.17) is 0 Å². The van der Waals surface area contributed by atoms with Gasteiger partial charge >= 0.3 is 0 Å². The Balaban J connectivity index is 3.08. The van der Waals surface area contributed by atoms with Crippen LogP contribution in [0.4, 0.5) is 35.1 Å². The average molecular weight is 368 g/mol. The molecule has 0 aromatic heterocycles. The van der Waals surface area contributed by atoms with E-state index in [0.717, 1.165) is 6.92 Å². The SMILES string of the molecule is Cc1c(F)c(F)c(-c2c(F)c(F)c(F)c(F)c2CF)c(F)c1C(C)C. The molecule has 0 nitrogen and oxygen atoms in total. The maximum absolute atomic E-state index is 14.7. The first kappa shape index (κ1) is 19.2. The van der Waals surface area contributed by atoms with Gasteiger partial charge in [-0.15, -0.1) is 0 Å². The van der Waals surface area contributed by atoms with E-state index in [2.05, 4.69) is 0 Å². The van der Waals surface area contributed by atoms with Gasteiger partial charge in [0.2, 0.25) is 0 Å². The van der Waals surface area contributed by atoms with E-state index in [-0.39, 0.29) is 5.56 Å². The summed E-state index contributed by atoms with van der Waals surface area (Å²) in [5, 5.41) is 0. The molecule has 0 saturated heterocycles. The summed E-state index contributed by atoms with van der Waals surface area (Å²) in [6.45, 7) is 2.02. The number of hydrogen-bond acceptors (Lipinski definition) is 0. The van der Waals surface area contributed by atoms with E-state index >= 15 is 0 Å². The van der Waals surface area contributed by atoms with Crippen molar-refractivity contribution in [1.29, 1.82) is 0 Å². The van der Waals surface area contributed by atoms with Gasteiger partial charge in [0, 0.05) is 11.1 Å². The smallest absolute Gasteiger partial charge is 0.198 e. The lowest BCUT2D eigenvalue weighted by Gasteiger charge is -2.19. The molecule has 0 bridgehead atoms. The third-order valence-corrected chi connectivity index (χ3v) is 3.93. The van der Waals surface area contributed by atoms with Gasteiger partial charge in [-0.05, 0) is 24.0 Å². The van der Waals surface area contributed by atoms with E-state index in [1.807, 2.05) is 0 Å². The minimum absolute atomic E-state index is 0.372. The molecule has 2 rings (SSSR count). The van der Waals surface area contributed by atoms with Crippen molar-refractivity contribution in [1.82, 2.24) is 0 Å². The van der Waals surface area contributed by atoms with Gasteiger partial charge in [0.05, 0.1) is 5.56 Å². The van der Waals surface area contributed by atoms with E-state index in [1.165, 1.54) is 13.8 Å². The highest BCUT2D eigenvalue weighted by Gasteiger charge is 2.33. The van der Waals surface area contributed by atoms with Crippen LogP contribution in [0.1, 0.15) is 36.5 Å². The van der Waals surface area contributed by atoms with Crippen LogP contribution in [0.25, 0.3) is 11.1 Å². The second kappa shape index (κ2) is 6.65. The highest BCUT2D eigenvalue weighted by molar-refractivity contribution is 5.71. The monoisotopic (exact) mass is 368 g/mol. The zero-order valence-electron chi connectivity index (χ0n) is 13.3. The van der Waals surface area contributed by atoms with Crippen molar-refractivity contribution in [3.8, 4) is 11.1 Å².